The predicted molar refractivity (Wildman–Crippen MR) is 70.9 cm³/mol. The Morgan fingerprint density at radius 2 is 2.28 bits per heavy atom. The number of carboxylic acid groups (broad SMARTS) is 1. The smallest absolute Gasteiger partial charge is 0.320 e. The average molecular weight is 249 g/mol. The molecule has 0 aromatic heterocycles. The van der Waals surface area contributed by atoms with Crippen molar-refractivity contribution in [1.29, 1.82) is 0 Å². The number of hydrogen-bond donors (Lipinski definition) is 2. The van der Waals surface area contributed by atoms with E-state index in [2.05, 4.69) is 11.9 Å². The van der Waals surface area contributed by atoms with Crippen molar-refractivity contribution in [2.24, 2.45) is 0 Å². The number of aryl methyl sites for hydroxylation is 1. The van der Waals surface area contributed by atoms with E-state index in [0.29, 0.717) is 19.4 Å². The molecule has 0 heterocycles. The molecule has 4 heteroatoms. The van der Waals surface area contributed by atoms with Crippen LogP contribution >= 0.6 is 0 Å². The van der Waals surface area contributed by atoms with E-state index in [-0.39, 0.29) is 0 Å². The molecule has 0 saturated carbocycles. The Balaban J connectivity index is 2.65. The Hall–Kier alpha value is -1.81. The van der Waals surface area contributed by atoms with Gasteiger partial charge in [-0.25, -0.2) is 0 Å². The van der Waals surface area contributed by atoms with E-state index in [0.717, 1.165) is 11.3 Å². The number of likely N-dealkylation sites (N-methyl/N-ethyl adjacent to an activating group) is 1. The van der Waals surface area contributed by atoms with Crippen LogP contribution in [0, 0.1) is 0 Å². The monoisotopic (exact) mass is 249 g/mol. The van der Waals surface area contributed by atoms with E-state index in [1.54, 1.807) is 13.1 Å². The van der Waals surface area contributed by atoms with Gasteiger partial charge in [0.15, 0.2) is 0 Å². The summed E-state index contributed by atoms with van der Waals surface area (Å²) < 4.78 is 5.53. The summed E-state index contributed by atoms with van der Waals surface area (Å²) in [5.41, 5.74) is 1.01. The molecule has 4 nitrogen and oxygen atoms in total. The summed E-state index contributed by atoms with van der Waals surface area (Å²) in [5.74, 6) is -0.0420. The van der Waals surface area contributed by atoms with Gasteiger partial charge in [-0.15, -0.1) is 0 Å². The van der Waals surface area contributed by atoms with Crippen LogP contribution in [0.5, 0.6) is 5.75 Å². The molecule has 0 amide bonds. The van der Waals surface area contributed by atoms with Crippen LogP contribution in [-0.4, -0.2) is 30.8 Å². The summed E-state index contributed by atoms with van der Waals surface area (Å²) in [6.45, 7) is 4.05. The summed E-state index contributed by atoms with van der Waals surface area (Å²) in [4.78, 5) is 10.9. The van der Waals surface area contributed by atoms with E-state index < -0.39 is 12.0 Å². The van der Waals surface area contributed by atoms with E-state index in [1.165, 1.54) is 0 Å². The fraction of sp³-hybridized carbons (Fsp3) is 0.357. The number of nitrogens with one attached hydrogen (secondary N) is 1. The maximum absolute atomic E-state index is 10.9. The molecule has 1 aromatic carbocycles. The highest BCUT2D eigenvalue weighted by Gasteiger charge is 2.15. The van der Waals surface area contributed by atoms with Crippen LogP contribution in [0.15, 0.2) is 36.9 Å². The van der Waals surface area contributed by atoms with Gasteiger partial charge in [0.2, 0.25) is 0 Å². The zero-order valence-electron chi connectivity index (χ0n) is 10.6. The molecule has 0 radical (unpaired) electrons. The van der Waals surface area contributed by atoms with Crippen LogP contribution in [-0.2, 0) is 11.2 Å². The number of carboxylic acids is 1. The Bertz CT molecular complexity index is 404. The van der Waals surface area contributed by atoms with Gasteiger partial charge in [0.1, 0.15) is 18.4 Å². The average Bonchev–Trinajstić information content (AvgIpc) is 2.38. The molecule has 98 valence electrons. The third-order valence-electron chi connectivity index (χ3n) is 2.68. The van der Waals surface area contributed by atoms with Gasteiger partial charge in [-0.3, -0.25) is 4.79 Å². The molecular weight excluding hydrogens is 230 g/mol. The minimum absolute atomic E-state index is 0.450. The second-order valence-electron chi connectivity index (χ2n) is 3.93. The summed E-state index contributed by atoms with van der Waals surface area (Å²) in [7, 11) is 1.65. The summed E-state index contributed by atoms with van der Waals surface area (Å²) in [6, 6.07) is 7.12. The first kappa shape index (κ1) is 14.3. The third-order valence-corrected chi connectivity index (χ3v) is 2.68. The first-order valence-corrected chi connectivity index (χ1v) is 5.90. The second-order valence-corrected chi connectivity index (χ2v) is 3.93. The molecule has 2 N–H and O–H groups in total. The van der Waals surface area contributed by atoms with Gasteiger partial charge in [0.05, 0.1) is 0 Å². The lowest BCUT2D eigenvalue weighted by Crippen LogP contribution is -2.34. The van der Waals surface area contributed by atoms with Crippen molar-refractivity contribution in [3.05, 3.63) is 42.5 Å². The number of hydrogen-bond acceptors (Lipinski definition) is 3. The molecule has 1 atom stereocenters. The van der Waals surface area contributed by atoms with Gasteiger partial charge in [0.25, 0.3) is 0 Å². The molecule has 1 unspecified atom stereocenters. The molecule has 0 saturated heterocycles. The molecule has 0 aliphatic heterocycles. The Labute approximate surface area is 107 Å². The lowest BCUT2D eigenvalue weighted by atomic mass is 10.0. The summed E-state index contributed by atoms with van der Waals surface area (Å²) in [5, 5.41) is 11.7. The number of benzene rings is 1. The quantitative estimate of drug-likeness (QED) is 0.690. The Kier molecular flexibility index (Phi) is 5.94. The van der Waals surface area contributed by atoms with Gasteiger partial charge < -0.3 is 15.2 Å². The van der Waals surface area contributed by atoms with Crippen molar-refractivity contribution in [3.63, 3.8) is 0 Å². The standard InChI is InChI=1S/C14H19NO3/c1-3-10-18-13-7-5-4-6-11(13)8-9-12(15-2)14(16)17/h3-7,12,15H,1,8-10H2,2H3,(H,16,17). The summed E-state index contributed by atoms with van der Waals surface area (Å²) in [6.07, 6.45) is 2.87. The first-order chi connectivity index (χ1) is 8.69. The molecule has 1 rings (SSSR count). The third kappa shape index (κ3) is 4.22. The topological polar surface area (TPSA) is 58.6 Å². The predicted octanol–water partition coefficient (Wildman–Crippen LogP) is 1.86. The van der Waals surface area contributed by atoms with Crippen molar-refractivity contribution in [1.82, 2.24) is 5.32 Å². The lowest BCUT2D eigenvalue weighted by molar-refractivity contribution is -0.139. The van der Waals surface area contributed by atoms with Crippen LogP contribution in [0.3, 0.4) is 0 Å². The maximum atomic E-state index is 10.9. The highest BCUT2D eigenvalue weighted by molar-refractivity contribution is 5.73. The molecule has 0 bridgehead atoms. The molecule has 0 aliphatic carbocycles. The minimum atomic E-state index is -0.831. The van der Waals surface area contributed by atoms with Crippen molar-refractivity contribution >= 4 is 5.97 Å². The normalized spacial score (nSPS) is 11.8. The molecule has 0 spiro atoms. The highest BCUT2D eigenvalue weighted by Crippen LogP contribution is 2.20. The largest absolute Gasteiger partial charge is 0.489 e. The fourth-order valence-corrected chi connectivity index (χ4v) is 1.69. The van der Waals surface area contributed by atoms with Crippen LogP contribution in [0.2, 0.25) is 0 Å². The zero-order valence-corrected chi connectivity index (χ0v) is 10.6. The fourth-order valence-electron chi connectivity index (χ4n) is 1.69. The number of carbonyl (C=O) groups is 1. The lowest BCUT2D eigenvalue weighted by Gasteiger charge is -2.13. The molecule has 0 aliphatic rings. The molecule has 1 aromatic rings. The van der Waals surface area contributed by atoms with E-state index in [9.17, 15) is 4.79 Å². The molecular formula is C14H19NO3. The van der Waals surface area contributed by atoms with Crippen LogP contribution in [0.4, 0.5) is 0 Å². The number of rotatable bonds is 8. The second kappa shape index (κ2) is 7.50. The summed E-state index contributed by atoms with van der Waals surface area (Å²) >= 11 is 0. The highest BCUT2D eigenvalue weighted by atomic mass is 16.5. The van der Waals surface area contributed by atoms with Gasteiger partial charge in [-0.2, -0.15) is 0 Å². The molecule has 18 heavy (non-hydrogen) atoms. The van der Waals surface area contributed by atoms with Crippen molar-refractivity contribution in [2.45, 2.75) is 18.9 Å². The Morgan fingerprint density at radius 1 is 1.56 bits per heavy atom. The minimum Gasteiger partial charge on any atom is -0.489 e. The van der Waals surface area contributed by atoms with Crippen molar-refractivity contribution in [2.75, 3.05) is 13.7 Å². The van der Waals surface area contributed by atoms with Gasteiger partial charge in [-0.05, 0) is 31.5 Å². The maximum Gasteiger partial charge on any atom is 0.320 e. The zero-order chi connectivity index (χ0) is 13.4. The van der Waals surface area contributed by atoms with Gasteiger partial charge in [0, 0.05) is 0 Å². The van der Waals surface area contributed by atoms with Gasteiger partial charge in [-0.1, -0.05) is 30.9 Å². The van der Waals surface area contributed by atoms with Crippen LogP contribution in [0.25, 0.3) is 0 Å². The van der Waals surface area contributed by atoms with Gasteiger partial charge >= 0.3 is 5.97 Å². The van der Waals surface area contributed by atoms with E-state index >= 15 is 0 Å². The first-order valence-electron chi connectivity index (χ1n) is 5.90. The van der Waals surface area contributed by atoms with E-state index in [1.807, 2.05) is 24.3 Å². The van der Waals surface area contributed by atoms with Crippen molar-refractivity contribution < 1.29 is 14.6 Å². The van der Waals surface area contributed by atoms with Crippen LogP contribution in [0.1, 0.15) is 12.0 Å². The number of para-hydroxylation sites is 1. The number of aliphatic carboxylic acids is 1. The van der Waals surface area contributed by atoms with E-state index in [4.69, 9.17) is 9.84 Å². The molecule has 0 fully saturated rings. The van der Waals surface area contributed by atoms with Crippen LogP contribution < -0.4 is 10.1 Å². The SMILES string of the molecule is C=CCOc1ccccc1CCC(NC)C(=O)O. The van der Waals surface area contributed by atoms with Crippen molar-refractivity contribution in [3.8, 4) is 5.75 Å². The Morgan fingerprint density at radius 3 is 2.89 bits per heavy atom. The number of ether oxygens (including phenoxy) is 1.